The number of hydrogen-bond acceptors (Lipinski definition) is 7. The molecule has 0 aliphatic heterocycles. The molecule has 0 spiro atoms. The largest absolute Gasteiger partial charge is 0.506 e. The highest BCUT2D eigenvalue weighted by Crippen LogP contribution is 2.40. The van der Waals surface area contributed by atoms with Crippen molar-refractivity contribution in [3.05, 3.63) is 28.1 Å². The molecule has 24 heavy (non-hydrogen) atoms. The summed E-state index contributed by atoms with van der Waals surface area (Å²) < 4.78 is 15.1. The molecule has 0 radical (unpaired) electrons. The van der Waals surface area contributed by atoms with Gasteiger partial charge >= 0.3 is 11.6 Å². The van der Waals surface area contributed by atoms with E-state index in [0.29, 0.717) is 6.61 Å². The predicted octanol–water partition coefficient (Wildman–Crippen LogP) is 2.95. The van der Waals surface area contributed by atoms with E-state index >= 15 is 0 Å². The smallest absolute Gasteiger partial charge is 0.354 e. The maximum Gasteiger partial charge on any atom is 0.354 e. The molecule has 1 aromatic carbocycles. The molecule has 2 N–H and O–H groups in total. The normalized spacial score (nSPS) is 10.8. The highest BCUT2D eigenvalue weighted by atomic mass is 16.5. The van der Waals surface area contributed by atoms with E-state index in [0.717, 1.165) is 32.8 Å². The third-order valence-electron chi connectivity index (χ3n) is 3.61. The molecule has 0 unspecified atom stereocenters. The molecule has 2 aromatic rings. The van der Waals surface area contributed by atoms with Crippen LogP contribution in [-0.2, 0) is 4.74 Å². The van der Waals surface area contributed by atoms with Crippen molar-refractivity contribution >= 4 is 16.9 Å². The molecular formula is C17H20O7. The van der Waals surface area contributed by atoms with E-state index in [-0.39, 0.29) is 22.5 Å². The van der Waals surface area contributed by atoms with Gasteiger partial charge in [-0.3, -0.25) is 0 Å². The zero-order valence-corrected chi connectivity index (χ0v) is 13.6. The number of carbonyl (C=O) groups excluding carboxylic acids is 1. The lowest BCUT2D eigenvalue weighted by molar-refractivity contribution is 0.0592. The minimum absolute atomic E-state index is 0.00603. The van der Waals surface area contributed by atoms with Crippen molar-refractivity contribution in [3.63, 3.8) is 0 Å². The Labute approximate surface area is 138 Å². The number of carbonyl (C=O) groups is 1. The fourth-order valence-corrected chi connectivity index (χ4v) is 2.37. The van der Waals surface area contributed by atoms with Crippen LogP contribution >= 0.6 is 0 Å². The number of phenolic OH excluding ortho intramolecular Hbond substituents is 1. The fourth-order valence-electron chi connectivity index (χ4n) is 2.37. The van der Waals surface area contributed by atoms with Gasteiger partial charge in [-0.2, -0.15) is 0 Å². The first kappa shape index (κ1) is 17.7. The van der Waals surface area contributed by atoms with Crippen LogP contribution in [0.5, 0.6) is 17.2 Å². The van der Waals surface area contributed by atoms with Gasteiger partial charge in [0.1, 0.15) is 11.0 Å². The zero-order valence-electron chi connectivity index (χ0n) is 13.6. The van der Waals surface area contributed by atoms with Gasteiger partial charge in [-0.25, -0.2) is 9.59 Å². The Hall–Kier alpha value is -2.70. The van der Waals surface area contributed by atoms with Gasteiger partial charge in [0, 0.05) is 0 Å². The van der Waals surface area contributed by atoms with Crippen LogP contribution in [0.15, 0.2) is 21.3 Å². The average Bonchev–Trinajstić information content (AvgIpc) is 2.56. The average molecular weight is 336 g/mol. The number of esters is 1. The molecule has 1 aromatic heterocycles. The molecule has 0 fully saturated rings. The van der Waals surface area contributed by atoms with Crippen LogP contribution in [0.25, 0.3) is 11.0 Å². The van der Waals surface area contributed by atoms with Gasteiger partial charge in [0.25, 0.3) is 0 Å². The van der Waals surface area contributed by atoms with E-state index in [1.807, 2.05) is 0 Å². The number of methoxy groups -OCH3 is 1. The molecule has 2 rings (SSSR count). The van der Waals surface area contributed by atoms with E-state index in [1.54, 1.807) is 0 Å². The van der Waals surface area contributed by atoms with Gasteiger partial charge in [-0.15, -0.1) is 0 Å². The van der Waals surface area contributed by atoms with E-state index in [4.69, 9.17) is 9.15 Å². The Bertz CT molecular complexity index is 792. The third-order valence-corrected chi connectivity index (χ3v) is 3.61. The van der Waals surface area contributed by atoms with Gasteiger partial charge in [-0.05, 0) is 18.6 Å². The Balaban J connectivity index is 2.48. The monoisotopic (exact) mass is 336 g/mol. The van der Waals surface area contributed by atoms with Crippen LogP contribution < -0.4 is 10.4 Å². The summed E-state index contributed by atoms with van der Waals surface area (Å²) in [6, 6.07) is 2.61. The number of unbranched alkanes of at least 4 members (excludes halogenated alkanes) is 3. The molecule has 130 valence electrons. The van der Waals surface area contributed by atoms with Crippen molar-refractivity contribution in [2.75, 3.05) is 13.7 Å². The lowest BCUT2D eigenvalue weighted by Gasteiger charge is -2.12. The minimum Gasteiger partial charge on any atom is -0.506 e. The summed E-state index contributed by atoms with van der Waals surface area (Å²) in [6.45, 7) is 2.41. The summed E-state index contributed by atoms with van der Waals surface area (Å²) in [7, 11) is 1.08. The number of rotatable bonds is 7. The third kappa shape index (κ3) is 3.45. The summed E-state index contributed by atoms with van der Waals surface area (Å²) in [4.78, 5) is 23.5. The number of aromatic hydroxyl groups is 2. The van der Waals surface area contributed by atoms with Crippen LogP contribution in [0.1, 0.15) is 43.0 Å². The molecule has 0 atom stereocenters. The summed E-state index contributed by atoms with van der Waals surface area (Å²) >= 11 is 0. The maximum atomic E-state index is 11.9. The first-order chi connectivity index (χ1) is 11.5. The highest BCUT2D eigenvalue weighted by Gasteiger charge is 2.25. The van der Waals surface area contributed by atoms with Crippen molar-refractivity contribution in [2.24, 2.45) is 0 Å². The van der Waals surface area contributed by atoms with E-state index in [2.05, 4.69) is 11.7 Å². The zero-order chi connectivity index (χ0) is 17.7. The quantitative estimate of drug-likeness (QED) is 0.455. The standard InChI is InChI=1S/C17H20O7/c1-3-4-5-6-9-23-15-10(18)7-8-11-12(15)14(19)13(16(20)22-2)17(21)24-11/h7-8,18-19H,3-6,9H2,1-2H3. The van der Waals surface area contributed by atoms with Crippen LogP contribution in [0.3, 0.4) is 0 Å². The second-order valence-electron chi connectivity index (χ2n) is 5.30. The summed E-state index contributed by atoms with van der Waals surface area (Å²) in [5, 5.41) is 20.3. The number of benzene rings is 1. The topological polar surface area (TPSA) is 106 Å². The van der Waals surface area contributed by atoms with Crippen LogP contribution in [0, 0.1) is 0 Å². The van der Waals surface area contributed by atoms with E-state index < -0.39 is 22.9 Å². The molecule has 0 amide bonds. The van der Waals surface area contributed by atoms with Crippen molar-refractivity contribution in [1.29, 1.82) is 0 Å². The number of hydrogen-bond donors (Lipinski definition) is 2. The molecule has 0 bridgehead atoms. The summed E-state index contributed by atoms with van der Waals surface area (Å²) in [5.41, 5.74) is -1.65. The van der Waals surface area contributed by atoms with E-state index in [9.17, 15) is 19.8 Å². The molecule has 0 aliphatic rings. The molecule has 0 saturated heterocycles. The first-order valence-corrected chi connectivity index (χ1v) is 7.74. The lowest BCUT2D eigenvalue weighted by Crippen LogP contribution is -2.15. The fraction of sp³-hybridized carbons (Fsp3) is 0.412. The van der Waals surface area contributed by atoms with Crippen LogP contribution in [0.4, 0.5) is 0 Å². The Morgan fingerprint density at radius 2 is 1.96 bits per heavy atom. The minimum atomic E-state index is -1.03. The second-order valence-corrected chi connectivity index (χ2v) is 5.30. The van der Waals surface area contributed by atoms with Crippen molar-refractivity contribution in [1.82, 2.24) is 0 Å². The second kappa shape index (κ2) is 7.72. The Kier molecular flexibility index (Phi) is 5.68. The Morgan fingerprint density at radius 3 is 2.62 bits per heavy atom. The van der Waals surface area contributed by atoms with Crippen LogP contribution in [-0.4, -0.2) is 29.9 Å². The van der Waals surface area contributed by atoms with Crippen molar-refractivity contribution in [3.8, 4) is 17.2 Å². The molecule has 7 heteroatoms. The van der Waals surface area contributed by atoms with Gasteiger partial charge in [0.05, 0.1) is 13.7 Å². The molecule has 7 nitrogen and oxygen atoms in total. The van der Waals surface area contributed by atoms with Gasteiger partial charge in [0.2, 0.25) is 0 Å². The predicted molar refractivity (Wildman–Crippen MR) is 86.8 cm³/mol. The first-order valence-electron chi connectivity index (χ1n) is 7.74. The summed E-state index contributed by atoms with van der Waals surface area (Å²) in [6.07, 6.45) is 3.88. The van der Waals surface area contributed by atoms with Crippen LogP contribution in [0.2, 0.25) is 0 Å². The molecule has 1 heterocycles. The number of fused-ring (bicyclic) bond motifs is 1. The highest BCUT2D eigenvalue weighted by molar-refractivity contribution is 6.01. The lowest BCUT2D eigenvalue weighted by atomic mass is 10.1. The molecular weight excluding hydrogens is 316 g/mol. The van der Waals surface area contributed by atoms with E-state index in [1.165, 1.54) is 12.1 Å². The summed E-state index contributed by atoms with van der Waals surface area (Å²) in [5.74, 6) is -1.92. The molecule has 0 aliphatic carbocycles. The maximum absolute atomic E-state index is 11.9. The van der Waals surface area contributed by atoms with Gasteiger partial charge in [-0.1, -0.05) is 26.2 Å². The Morgan fingerprint density at radius 1 is 1.21 bits per heavy atom. The number of phenols is 1. The molecule has 0 saturated carbocycles. The SMILES string of the molecule is CCCCCCOc1c(O)ccc2oc(=O)c(C(=O)OC)c(O)c12. The van der Waals surface area contributed by atoms with Gasteiger partial charge in [0.15, 0.2) is 22.8 Å². The van der Waals surface area contributed by atoms with Gasteiger partial charge < -0.3 is 24.1 Å². The van der Waals surface area contributed by atoms with Crippen molar-refractivity contribution in [2.45, 2.75) is 32.6 Å². The van der Waals surface area contributed by atoms with Crippen molar-refractivity contribution < 1.29 is 28.9 Å². The number of ether oxygens (including phenoxy) is 2.